The van der Waals surface area contributed by atoms with Gasteiger partial charge in [0.05, 0.1) is 12.4 Å². The summed E-state index contributed by atoms with van der Waals surface area (Å²) in [5.74, 6) is 3.28. The van der Waals surface area contributed by atoms with Crippen LogP contribution in [0.1, 0.15) is 51.9 Å². The van der Waals surface area contributed by atoms with Gasteiger partial charge in [0, 0.05) is 6.61 Å². The summed E-state index contributed by atoms with van der Waals surface area (Å²) in [6.45, 7) is 3.22. The smallest absolute Gasteiger partial charge is 0.313 e. The molecule has 0 aromatic carbocycles. The number of hydrogen-bond donors (Lipinski definition) is 2. The molecule has 4 nitrogen and oxygen atoms in total. The van der Waals surface area contributed by atoms with Gasteiger partial charge in [-0.2, -0.15) is 0 Å². The molecule has 0 heterocycles. The maximum absolute atomic E-state index is 10.7. The molecule has 1 unspecified atom stereocenters. The summed E-state index contributed by atoms with van der Waals surface area (Å²) >= 11 is 1.41. The van der Waals surface area contributed by atoms with Gasteiger partial charge in [0.2, 0.25) is 0 Å². The second-order valence-corrected chi connectivity index (χ2v) is 9.10. The lowest BCUT2D eigenvalue weighted by Crippen LogP contribution is -2.17. The van der Waals surface area contributed by atoms with Crippen molar-refractivity contribution in [3.05, 3.63) is 36.1 Å². The maximum atomic E-state index is 10.7. The van der Waals surface area contributed by atoms with Crippen LogP contribution in [0.5, 0.6) is 0 Å². The van der Waals surface area contributed by atoms with Crippen molar-refractivity contribution >= 4 is 17.7 Å². The fourth-order valence-corrected chi connectivity index (χ4v) is 5.12. The first kappa shape index (κ1) is 23.1. The zero-order valence-corrected chi connectivity index (χ0v) is 17.9. The lowest BCUT2D eigenvalue weighted by atomic mass is 9.84. The number of aliphatic hydroxyl groups excluding tert-OH is 1. The van der Waals surface area contributed by atoms with Crippen molar-refractivity contribution in [2.24, 2.45) is 23.7 Å². The molecule has 2 N–H and O–H groups in total. The molecule has 0 radical (unpaired) electrons. The monoisotopic (exact) mass is 408 g/mol. The van der Waals surface area contributed by atoms with Crippen LogP contribution in [0.25, 0.3) is 0 Å². The topological polar surface area (TPSA) is 66.8 Å². The summed E-state index contributed by atoms with van der Waals surface area (Å²) in [5.41, 5.74) is 0. The molecule has 2 aliphatic rings. The molecule has 0 bridgehead atoms. The molecule has 4 atom stereocenters. The number of aliphatic carboxylic acids is 1. The van der Waals surface area contributed by atoms with Gasteiger partial charge in [-0.1, -0.05) is 25.2 Å². The fraction of sp³-hybridized carbons (Fsp3) is 0.696. The second-order valence-electron chi connectivity index (χ2n) is 8.07. The van der Waals surface area contributed by atoms with Crippen LogP contribution in [-0.4, -0.2) is 40.9 Å². The number of aliphatic hydroxyl groups is 1. The molecule has 1 saturated carbocycles. The predicted octanol–water partition coefficient (Wildman–Crippen LogP) is 5.05. The van der Waals surface area contributed by atoms with Gasteiger partial charge in [0.1, 0.15) is 5.76 Å². The van der Waals surface area contributed by atoms with Crippen molar-refractivity contribution in [3.63, 3.8) is 0 Å². The standard InChI is InChI=1S/C23H36O4S/c1-18-10-12-20(7-5-6-14-27-21-8-3-2-4-9-21)22(18)13-11-19(15-24)16-28-17-23(25)26/h3,5,7-9,18-20,22,24H,2,4,6,10-17H2,1H3,(H,25,26)/b7-5+/t18?,19-,20-,22-/m0/s1. The van der Waals surface area contributed by atoms with Crippen LogP contribution >= 0.6 is 11.8 Å². The average molecular weight is 409 g/mol. The fourth-order valence-electron chi connectivity index (χ4n) is 4.22. The van der Waals surface area contributed by atoms with Crippen LogP contribution in [0.15, 0.2) is 36.1 Å². The molecular weight excluding hydrogens is 372 g/mol. The zero-order valence-electron chi connectivity index (χ0n) is 17.1. The van der Waals surface area contributed by atoms with E-state index in [1.807, 2.05) is 0 Å². The quantitative estimate of drug-likeness (QED) is 0.330. The number of carboxylic acids is 1. The Kier molecular flexibility index (Phi) is 10.8. The number of hydrogen-bond acceptors (Lipinski definition) is 4. The maximum Gasteiger partial charge on any atom is 0.313 e. The Bertz CT molecular complexity index is 555. The van der Waals surface area contributed by atoms with Gasteiger partial charge in [0.15, 0.2) is 0 Å². The highest BCUT2D eigenvalue weighted by Gasteiger charge is 2.31. The van der Waals surface area contributed by atoms with Gasteiger partial charge in [-0.05, 0) is 86.5 Å². The molecule has 28 heavy (non-hydrogen) atoms. The highest BCUT2D eigenvalue weighted by atomic mass is 32.2. The van der Waals surface area contributed by atoms with Crippen LogP contribution in [0.2, 0.25) is 0 Å². The van der Waals surface area contributed by atoms with E-state index in [0.29, 0.717) is 11.8 Å². The molecule has 0 spiro atoms. The van der Waals surface area contributed by atoms with Crippen molar-refractivity contribution in [3.8, 4) is 0 Å². The summed E-state index contributed by atoms with van der Waals surface area (Å²) in [5, 5.41) is 18.4. The zero-order chi connectivity index (χ0) is 20.2. The van der Waals surface area contributed by atoms with E-state index in [1.54, 1.807) is 0 Å². The molecule has 1 fully saturated rings. The Hall–Kier alpha value is -1.20. The normalized spacial score (nSPS) is 25.8. The highest BCUT2D eigenvalue weighted by molar-refractivity contribution is 7.99. The first-order valence-corrected chi connectivity index (χ1v) is 11.8. The molecule has 0 aliphatic heterocycles. The van der Waals surface area contributed by atoms with Gasteiger partial charge in [-0.15, -0.1) is 11.8 Å². The SMILES string of the molecule is CC1CC[C@H](/C=C/CCOC2=CCCC=C2)[C@H]1CC[C@@H](CO)CSCC(=O)O. The Morgan fingerprint density at radius 2 is 2.25 bits per heavy atom. The van der Waals surface area contributed by atoms with Crippen LogP contribution < -0.4 is 0 Å². The molecule has 5 heteroatoms. The number of ether oxygens (including phenoxy) is 1. The van der Waals surface area contributed by atoms with Gasteiger partial charge < -0.3 is 14.9 Å². The van der Waals surface area contributed by atoms with Crippen molar-refractivity contribution in [1.29, 1.82) is 0 Å². The Labute approximate surface area is 174 Å². The highest BCUT2D eigenvalue weighted by Crippen LogP contribution is 2.41. The molecule has 2 rings (SSSR count). The summed E-state index contributed by atoms with van der Waals surface area (Å²) in [4.78, 5) is 10.7. The van der Waals surface area contributed by atoms with Crippen LogP contribution in [-0.2, 0) is 9.53 Å². The Morgan fingerprint density at radius 1 is 1.39 bits per heavy atom. The van der Waals surface area contributed by atoms with E-state index in [9.17, 15) is 9.90 Å². The lowest BCUT2D eigenvalue weighted by Gasteiger charge is -2.23. The van der Waals surface area contributed by atoms with E-state index in [-0.39, 0.29) is 18.3 Å². The largest absolute Gasteiger partial charge is 0.494 e. The van der Waals surface area contributed by atoms with Gasteiger partial charge in [-0.25, -0.2) is 0 Å². The summed E-state index contributed by atoms with van der Waals surface area (Å²) in [6, 6.07) is 0. The molecule has 0 saturated heterocycles. The third-order valence-corrected chi connectivity index (χ3v) is 7.04. The molecule has 2 aliphatic carbocycles. The number of allylic oxidation sites excluding steroid dienone is 4. The summed E-state index contributed by atoms with van der Waals surface area (Å²) in [6.07, 6.45) is 18.8. The number of carboxylic acid groups (broad SMARTS) is 1. The van der Waals surface area contributed by atoms with Crippen LogP contribution in [0.4, 0.5) is 0 Å². The van der Waals surface area contributed by atoms with Crippen molar-refractivity contribution in [1.82, 2.24) is 0 Å². The number of thioether (sulfide) groups is 1. The third-order valence-electron chi connectivity index (χ3n) is 5.88. The van der Waals surface area contributed by atoms with Crippen LogP contribution in [0.3, 0.4) is 0 Å². The summed E-state index contributed by atoms with van der Waals surface area (Å²) < 4.78 is 5.79. The minimum absolute atomic E-state index is 0.121. The van der Waals surface area contributed by atoms with Crippen LogP contribution in [0, 0.1) is 23.7 Å². The van der Waals surface area contributed by atoms with E-state index >= 15 is 0 Å². The van der Waals surface area contributed by atoms with E-state index < -0.39 is 5.97 Å². The number of rotatable bonds is 13. The molecule has 0 aromatic rings. The van der Waals surface area contributed by atoms with Gasteiger partial charge >= 0.3 is 5.97 Å². The molecule has 0 aromatic heterocycles. The van der Waals surface area contributed by atoms with Crippen molar-refractivity contribution in [2.75, 3.05) is 24.7 Å². The molecule has 0 amide bonds. The lowest BCUT2D eigenvalue weighted by molar-refractivity contribution is -0.133. The predicted molar refractivity (Wildman–Crippen MR) is 116 cm³/mol. The first-order valence-electron chi connectivity index (χ1n) is 10.7. The minimum Gasteiger partial charge on any atom is -0.494 e. The van der Waals surface area contributed by atoms with Crippen molar-refractivity contribution in [2.45, 2.75) is 51.9 Å². The average Bonchev–Trinajstić information content (AvgIpc) is 3.04. The Morgan fingerprint density at radius 3 is 2.96 bits per heavy atom. The third kappa shape index (κ3) is 8.44. The van der Waals surface area contributed by atoms with E-state index in [4.69, 9.17) is 9.84 Å². The van der Waals surface area contributed by atoms with Gasteiger partial charge in [0.25, 0.3) is 0 Å². The van der Waals surface area contributed by atoms with Gasteiger partial charge in [-0.3, -0.25) is 4.79 Å². The van der Waals surface area contributed by atoms with E-state index in [2.05, 4.69) is 37.3 Å². The minimum atomic E-state index is -0.781. The second kappa shape index (κ2) is 13.1. The summed E-state index contributed by atoms with van der Waals surface area (Å²) in [7, 11) is 0. The Balaban J connectivity index is 1.70. The number of carbonyl (C=O) groups is 1. The molecular formula is C23H36O4S. The van der Waals surface area contributed by atoms with E-state index in [0.717, 1.165) is 56.1 Å². The van der Waals surface area contributed by atoms with Crippen molar-refractivity contribution < 1.29 is 19.7 Å². The first-order chi connectivity index (χ1) is 13.6. The van der Waals surface area contributed by atoms with E-state index in [1.165, 1.54) is 24.6 Å². The molecule has 158 valence electrons.